The molecule has 2 aromatic rings. The lowest BCUT2D eigenvalue weighted by Crippen LogP contribution is -2.00. The van der Waals surface area contributed by atoms with Gasteiger partial charge in [0.2, 0.25) is 0 Å². The highest BCUT2D eigenvalue weighted by Crippen LogP contribution is 2.20. The van der Waals surface area contributed by atoms with Crippen LogP contribution in [0.2, 0.25) is 0 Å². The molecule has 0 saturated heterocycles. The predicted molar refractivity (Wildman–Crippen MR) is 85.5 cm³/mol. The van der Waals surface area contributed by atoms with E-state index >= 15 is 0 Å². The molecule has 0 bridgehead atoms. The maximum atomic E-state index is 2.39. The fraction of sp³-hybridized carbons (Fsp3) is 0.474. The molecule has 0 fully saturated rings. The molecule has 2 aromatic carbocycles. The number of fused-ring (bicyclic) bond motifs is 1. The molecular formula is C19H26. The van der Waals surface area contributed by atoms with Crippen molar-refractivity contribution in [1.82, 2.24) is 0 Å². The van der Waals surface area contributed by atoms with Crippen LogP contribution < -0.4 is 0 Å². The summed E-state index contributed by atoms with van der Waals surface area (Å²) in [6.45, 7) is 7.02. The summed E-state index contributed by atoms with van der Waals surface area (Å²) in [4.78, 5) is 0. The van der Waals surface area contributed by atoms with Crippen LogP contribution in [0.3, 0.4) is 0 Å². The van der Waals surface area contributed by atoms with E-state index in [1.807, 2.05) is 0 Å². The molecule has 0 aliphatic heterocycles. The second-order valence-electron chi connectivity index (χ2n) is 6.30. The van der Waals surface area contributed by atoms with Gasteiger partial charge in [-0.15, -0.1) is 0 Å². The quantitative estimate of drug-likeness (QED) is 0.607. The summed E-state index contributed by atoms with van der Waals surface area (Å²) in [7, 11) is 0. The molecule has 0 nitrogen and oxygen atoms in total. The van der Waals surface area contributed by atoms with Crippen molar-refractivity contribution in [1.29, 1.82) is 0 Å². The first-order valence-corrected chi connectivity index (χ1v) is 7.63. The van der Waals surface area contributed by atoms with Crippen molar-refractivity contribution in [3.8, 4) is 0 Å². The first-order chi connectivity index (χ1) is 9.15. The van der Waals surface area contributed by atoms with Gasteiger partial charge < -0.3 is 0 Å². The molecule has 0 radical (unpaired) electrons. The maximum Gasteiger partial charge on any atom is -0.0181 e. The molecule has 0 N–H and O–H groups in total. The third-order valence-corrected chi connectivity index (χ3v) is 3.98. The molecular weight excluding hydrogens is 228 g/mol. The van der Waals surface area contributed by atoms with Crippen LogP contribution in [-0.2, 0) is 6.42 Å². The van der Waals surface area contributed by atoms with Crippen LogP contribution in [0.5, 0.6) is 0 Å². The van der Waals surface area contributed by atoms with Crippen LogP contribution in [0.4, 0.5) is 0 Å². The Morgan fingerprint density at radius 2 is 1.53 bits per heavy atom. The molecule has 0 aliphatic carbocycles. The van der Waals surface area contributed by atoms with Crippen LogP contribution in [-0.4, -0.2) is 0 Å². The Kier molecular flexibility index (Phi) is 5.01. The second-order valence-corrected chi connectivity index (χ2v) is 6.30. The van der Waals surface area contributed by atoms with Gasteiger partial charge in [0.15, 0.2) is 0 Å². The van der Waals surface area contributed by atoms with Gasteiger partial charge in [0.25, 0.3) is 0 Å². The van der Waals surface area contributed by atoms with Crippen molar-refractivity contribution in [3.63, 3.8) is 0 Å². The van der Waals surface area contributed by atoms with E-state index in [1.54, 1.807) is 0 Å². The normalized spacial score (nSPS) is 13.1. The topological polar surface area (TPSA) is 0 Å². The van der Waals surface area contributed by atoms with E-state index in [0.29, 0.717) is 0 Å². The van der Waals surface area contributed by atoms with Gasteiger partial charge in [-0.05, 0) is 41.0 Å². The van der Waals surface area contributed by atoms with Crippen molar-refractivity contribution >= 4 is 10.8 Å². The number of rotatable bonds is 6. The van der Waals surface area contributed by atoms with Crippen molar-refractivity contribution in [2.45, 2.75) is 46.5 Å². The SMILES string of the molecule is CC(C)CCC(C)CCc1ccc2ccccc2c1. The van der Waals surface area contributed by atoms with Gasteiger partial charge in [-0.2, -0.15) is 0 Å². The average molecular weight is 254 g/mol. The molecule has 1 unspecified atom stereocenters. The molecule has 0 saturated carbocycles. The molecule has 102 valence electrons. The Morgan fingerprint density at radius 1 is 0.789 bits per heavy atom. The van der Waals surface area contributed by atoms with E-state index in [4.69, 9.17) is 0 Å². The summed E-state index contributed by atoms with van der Waals surface area (Å²) in [6, 6.07) is 15.5. The zero-order valence-corrected chi connectivity index (χ0v) is 12.5. The highest BCUT2D eigenvalue weighted by Gasteiger charge is 2.05. The molecule has 0 heterocycles. The molecule has 1 atom stereocenters. The maximum absolute atomic E-state index is 2.39. The number of aryl methyl sites for hydroxylation is 1. The summed E-state index contributed by atoms with van der Waals surface area (Å²) >= 11 is 0. The highest BCUT2D eigenvalue weighted by atomic mass is 14.1. The molecule has 0 aromatic heterocycles. The van der Waals surface area contributed by atoms with E-state index in [1.165, 1.54) is 42.0 Å². The summed E-state index contributed by atoms with van der Waals surface area (Å²) in [5, 5.41) is 2.72. The lowest BCUT2D eigenvalue weighted by Gasteiger charge is -2.13. The summed E-state index contributed by atoms with van der Waals surface area (Å²) in [5.41, 5.74) is 1.48. The van der Waals surface area contributed by atoms with E-state index in [2.05, 4.69) is 63.2 Å². The highest BCUT2D eigenvalue weighted by molar-refractivity contribution is 5.82. The van der Waals surface area contributed by atoms with Crippen LogP contribution in [0.25, 0.3) is 10.8 Å². The second kappa shape index (κ2) is 6.75. The van der Waals surface area contributed by atoms with Crippen molar-refractivity contribution in [2.24, 2.45) is 11.8 Å². The fourth-order valence-corrected chi connectivity index (χ4v) is 2.57. The summed E-state index contributed by atoms with van der Waals surface area (Å²) < 4.78 is 0. The fourth-order valence-electron chi connectivity index (χ4n) is 2.57. The van der Waals surface area contributed by atoms with E-state index < -0.39 is 0 Å². The standard InChI is InChI=1S/C19H26/c1-15(2)8-9-16(3)10-11-17-12-13-18-6-4-5-7-19(18)14-17/h4-7,12-16H,8-11H2,1-3H3. The summed E-state index contributed by atoms with van der Waals surface area (Å²) in [5.74, 6) is 1.68. The van der Waals surface area contributed by atoms with E-state index in [9.17, 15) is 0 Å². The van der Waals surface area contributed by atoms with Crippen LogP contribution in [0, 0.1) is 11.8 Å². The lowest BCUT2D eigenvalue weighted by molar-refractivity contribution is 0.428. The predicted octanol–water partition coefficient (Wildman–Crippen LogP) is 5.84. The number of benzene rings is 2. The molecule has 2 rings (SSSR count). The third kappa shape index (κ3) is 4.38. The summed E-state index contributed by atoms with van der Waals surface area (Å²) in [6.07, 6.45) is 5.25. The largest absolute Gasteiger partial charge is 0.0628 e. The number of hydrogen-bond acceptors (Lipinski definition) is 0. The average Bonchev–Trinajstić information content (AvgIpc) is 2.42. The minimum Gasteiger partial charge on any atom is -0.0628 e. The lowest BCUT2D eigenvalue weighted by atomic mass is 9.93. The Bertz CT molecular complexity index is 510. The minimum atomic E-state index is 0.836. The zero-order chi connectivity index (χ0) is 13.7. The first-order valence-electron chi connectivity index (χ1n) is 7.63. The van der Waals surface area contributed by atoms with Crippen molar-refractivity contribution < 1.29 is 0 Å². The molecule has 0 spiro atoms. The Labute approximate surface area is 117 Å². The Morgan fingerprint density at radius 3 is 2.26 bits per heavy atom. The van der Waals surface area contributed by atoms with Gasteiger partial charge >= 0.3 is 0 Å². The van der Waals surface area contributed by atoms with Gasteiger partial charge in [-0.3, -0.25) is 0 Å². The van der Waals surface area contributed by atoms with Gasteiger partial charge in [0.1, 0.15) is 0 Å². The Balaban J connectivity index is 1.90. The third-order valence-electron chi connectivity index (χ3n) is 3.98. The van der Waals surface area contributed by atoms with E-state index in [0.717, 1.165) is 11.8 Å². The first kappa shape index (κ1) is 14.1. The van der Waals surface area contributed by atoms with E-state index in [-0.39, 0.29) is 0 Å². The monoisotopic (exact) mass is 254 g/mol. The van der Waals surface area contributed by atoms with Crippen molar-refractivity contribution in [3.05, 3.63) is 48.0 Å². The van der Waals surface area contributed by atoms with Crippen molar-refractivity contribution in [2.75, 3.05) is 0 Å². The molecule has 0 amide bonds. The van der Waals surface area contributed by atoms with Gasteiger partial charge in [-0.1, -0.05) is 76.1 Å². The van der Waals surface area contributed by atoms with Crippen LogP contribution in [0.15, 0.2) is 42.5 Å². The van der Waals surface area contributed by atoms with Crippen LogP contribution in [0.1, 0.15) is 45.6 Å². The van der Waals surface area contributed by atoms with Gasteiger partial charge in [-0.25, -0.2) is 0 Å². The molecule has 19 heavy (non-hydrogen) atoms. The van der Waals surface area contributed by atoms with Gasteiger partial charge in [0.05, 0.1) is 0 Å². The number of hydrogen-bond donors (Lipinski definition) is 0. The molecule has 0 aliphatic rings. The zero-order valence-electron chi connectivity index (χ0n) is 12.5. The minimum absolute atomic E-state index is 0.836. The Hall–Kier alpha value is -1.30. The van der Waals surface area contributed by atoms with Gasteiger partial charge in [0, 0.05) is 0 Å². The smallest absolute Gasteiger partial charge is 0.0181 e. The molecule has 0 heteroatoms. The van der Waals surface area contributed by atoms with Crippen LogP contribution >= 0.6 is 0 Å².